The van der Waals surface area contributed by atoms with Crippen molar-refractivity contribution < 1.29 is 13.0 Å². The van der Waals surface area contributed by atoms with Crippen LogP contribution < -0.4 is 0 Å². The first-order chi connectivity index (χ1) is 6.71. The zero-order valence-corrected chi connectivity index (χ0v) is 10.1. The van der Waals surface area contributed by atoms with Gasteiger partial charge < -0.3 is 0 Å². The van der Waals surface area contributed by atoms with Gasteiger partial charge in [-0.1, -0.05) is 37.6 Å². The van der Waals surface area contributed by atoms with E-state index in [1.165, 1.54) is 0 Å². The van der Waals surface area contributed by atoms with Crippen molar-refractivity contribution in [1.29, 1.82) is 0 Å². The van der Waals surface area contributed by atoms with Gasteiger partial charge in [-0.2, -0.15) is 8.42 Å². The molecule has 1 rings (SSSR count). The Morgan fingerprint density at radius 3 is 2.13 bits per heavy atom. The molecule has 1 aromatic carbocycles. The highest BCUT2D eigenvalue weighted by atomic mass is 35.5. The quantitative estimate of drug-likeness (QED) is 0.837. The SMILES string of the molecule is CC(C)(CS(=O)(=O)O)c1ccc(Cl)cc1. The molecule has 0 saturated carbocycles. The van der Waals surface area contributed by atoms with Crippen LogP contribution in [-0.2, 0) is 15.5 Å². The van der Waals surface area contributed by atoms with Crippen molar-refractivity contribution in [3.8, 4) is 0 Å². The molecular formula is C10H13ClO3S. The molecule has 1 N–H and O–H groups in total. The molecule has 0 fully saturated rings. The fourth-order valence-electron chi connectivity index (χ4n) is 1.44. The van der Waals surface area contributed by atoms with Crippen LogP contribution in [0.25, 0.3) is 0 Å². The summed E-state index contributed by atoms with van der Waals surface area (Å²) in [5, 5.41) is 0.599. The van der Waals surface area contributed by atoms with Gasteiger partial charge >= 0.3 is 0 Å². The van der Waals surface area contributed by atoms with Crippen molar-refractivity contribution >= 4 is 21.7 Å². The van der Waals surface area contributed by atoms with Crippen molar-refractivity contribution in [3.05, 3.63) is 34.9 Å². The molecule has 0 atom stereocenters. The Balaban J connectivity index is 3.00. The van der Waals surface area contributed by atoms with E-state index in [-0.39, 0.29) is 5.75 Å². The van der Waals surface area contributed by atoms with Crippen LogP contribution >= 0.6 is 11.6 Å². The summed E-state index contributed by atoms with van der Waals surface area (Å²) in [5.41, 5.74) is 0.197. The van der Waals surface area contributed by atoms with Crippen molar-refractivity contribution in [1.82, 2.24) is 0 Å². The maximum atomic E-state index is 10.8. The normalized spacial score (nSPS) is 12.8. The van der Waals surface area contributed by atoms with Gasteiger partial charge in [0.2, 0.25) is 0 Å². The molecule has 0 aliphatic carbocycles. The molecule has 0 radical (unpaired) electrons. The lowest BCUT2D eigenvalue weighted by Gasteiger charge is -2.23. The molecule has 0 saturated heterocycles. The second kappa shape index (κ2) is 4.12. The van der Waals surface area contributed by atoms with Crippen molar-refractivity contribution in [2.24, 2.45) is 0 Å². The van der Waals surface area contributed by atoms with Gasteiger partial charge in [0.25, 0.3) is 10.1 Å². The third-order valence-electron chi connectivity index (χ3n) is 2.17. The van der Waals surface area contributed by atoms with Crippen LogP contribution in [0.5, 0.6) is 0 Å². The van der Waals surface area contributed by atoms with Gasteiger partial charge in [0.05, 0.1) is 5.75 Å². The van der Waals surface area contributed by atoms with Crippen molar-refractivity contribution in [2.45, 2.75) is 19.3 Å². The topological polar surface area (TPSA) is 54.4 Å². The van der Waals surface area contributed by atoms with Crippen LogP contribution in [0.2, 0.25) is 5.02 Å². The van der Waals surface area contributed by atoms with Crippen LogP contribution in [0.4, 0.5) is 0 Å². The fraction of sp³-hybridized carbons (Fsp3) is 0.400. The average molecular weight is 249 g/mol. The van der Waals surface area contributed by atoms with Crippen LogP contribution in [-0.4, -0.2) is 18.7 Å². The van der Waals surface area contributed by atoms with Gasteiger partial charge in [-0.25, -0.2) is 0 Å². The molecule has 0 unspecified atom stereocenters. The Bertz CT molecular complexity index is 434. The monoisotopic (exact) mass is 248 g/mol. The zero-order chi connectivity index (χ0) is 11.7. The Hall–Kier alpha value is -0.580. The highest BCUT2D eigenvalue weighted by molar-refractivity contribution is 7.85. The molecule has 0 bridgehead atoms. The first kappa shape index (κ1) is 12.5. The van der Waals surface area contributed by atoms with E-state index in [0.717, 1.165) is 5.56 Å². The molecule has 0 aromatic heterocycles. The van der Waals surface area contributed by atoms with Crippen LogP contribution in [0.3, 0.4) is 0 Å². The molecule has 15 heavy (non-hydrogen) atoms. The van der Waals surface area contributed by atoms with E-state index >= 15 is 0 Å². The highest BCUT2D eigenvalue weighted by Gasteiger charge is 2.26. The summed E-state index contributed by atoms with van der Waals surface area (Å²) in [6.45, 7) is 3.51. The fourth-order valence-corrected chi connectivity index (χ4v) is 2.65. The van der Waals surface area contributed by atoms with E-state index in [2.05, 4.69) is 0 Å². The summed E-state index contributed by atoms with van der Waals surface area (Å²) in [6, 6.07) is 6.91. The third-order valence-corrected chi connectivity index (χ3v) is 3.51. The second-order valence-electron chi connectivity index (χ2n) is 4.12. The standard InChI is InChI=1S/C10H13ClO3S/c1-10(2,7-15(12,13)14)8-3-5-9(11)6-4-8/h3-6H,7H2,1-2H3,(H,12,13,14). The van der Waals surface area contributed by atoms with Crippen LogP contribution in [0.1, 0.15) is 19.4 Å². The Kier molecular flexibility index (Phi) is 3.43. The molecule has 3 nitrogen and oxygen atoms in total. The Morgan fingerprint density at radius 1 is 1.27 bits per heavy atom. The summed E-state index contributed by atoms with van der Waals surface area (Å²) in [5.74, 6) is -0.304. The van der Waals surface area contributed by atoms with Crippen molar-refractivity contribution in [2.75, 3.05) is 5.75 Å². The minimum Gasteiger partial charge on any atom is -0.286 e. The van der Waals surface area contributed by atoms with Crippen molar-refractivity contribution in [3.63, 3.8) is 0 Å². The first-order valence-electron chi connectivity index (χ1n) is 4.42. The largest absolute Gasteiger partial charge is 0.286 e. The van der Waals surface area contributed by atoms with Crippen LogP contribution in [0, 0.1) is 0 Å². The minimum atomic E-state index is -3.97. The lowest BCUT2D eigenvalue weighted by Crippen LogP contribution is -2.27. The maximum absolute atomic E-state index is 10.8. The summed E-state index contributed by atoms with van der Waals surface area (Å²) < 4.78 is 30.4. The average Bonchev–Trinajstić information content (AvgIpc) is 2.00. The summed E-state index contributed by atoms with van der Waals surface area (Å²) in [4.78, 5) is 0. The molecule has 1 aromatic rings. The molecule has 5 heteroatoms. The molecule has 84 valence electrons. The van der Waals surface area contributed by atoms with Gasteiger partial charge in [0.15, 0.2) is 0 Å². The second-order valence-corrected chi connectivity index (χ2v) is 6.01. The Morgan fingerprint density at radius 2 is 1.73 bits per heavy atom. The summed E-state index contributed by atoms with van der Waals surface area (Å²) in [7, 11) is -3.97. The van der Waals surface area contributed by atoms with E-state index in [1.54, 1.807) is 38.1 Å². The molecule has 0 heterocycles. The van der Waals surface area contributed by atoms with E-state index in [4.69, 9.17) is 16.2 Å². The van der Waals surface area contributed by atoms with Crippen LogP contribution in [0.15, 0.2) is 24.3 Å². The van der Waals surface area contributed by atoms with Gasteiger partial charge in [-0.05, 0) is 17.7 Å². The summed E-state index contributed by atoms with van der Waals surface area (Å²) >= 11 is 5.73. The zero-order valence-electron chi connectivity index (χ0n) is 8.57. The number of hydrogen-bond acceptors (Lipinski definition) is 2. The van der Waals surface area contributed by atoms with E-state index < -0.39 is 15.5 Å². The molecule has 0 aliphatic rings. The van der Waals surface area contributed by atoms with Gasteiger partial charge in [-0.3, -0.25) is 4.55 Å². The Labute approximate surface area is 94.8 Å². The predicted octanol–water partition coefficient (Wildman–Crippen LogP) is 2.51. The molecular weight excluding hydrogens is 236 g/mol. The van der Waals surface area contributed by atoms with E-state index in [0.29, 0.717) is 5.02 Å². The number of hydrogen-bond donors (Lipinski definition) is 1. The van der Waals surface area contributed by atoms with Gasteiger partial charge in [0.1, 0.15) is 0 Å². The number of rotatable bonds is 3. The molecule has 0 spiro atoms. The first-order valence-corrected chi connectivity index (χ1v) is 6.41. The molecule has 0 amide bonds. The van der Waals surface area contributed by atoms with Gasteiger partial charge in [0, 0.05) is 10.4 Å². The maximum Gasteiger partial charge on any atom is 0.265 e. The highest BCUT2D eigenvalue weighted by Crippen LogP contribution is 2.25. The number of halogens is 1. The van der Waals surface area contributed by atoms with Gasteiger partial charge in [-0.15, -0.1) is 0 Å². The summed E-state index contributed by atoms with van der Waals surface area (Å²) in [6.07, 6.45) is 0. The van der Waals surface area contributed by atoms with E-state index in [9.17, 15) is 8.42 Å². The van der Waals surface area contributed by atoms with E-state index in [1.807, 2.05) is 0 Å². The number of benzene rings is 1. The smallest absolute Gasteiger partial charge is 0.265 e. The predicted molar refractivity (Wildman–Crippen MR) is 60.9 cm³/mol. The lowest BCUT2D eigenvalue weighted by molar-refractivity contribution is 0.460. The third kappa shape index (κ3) is 3.81. The molecule has 0 aliphatic heterocycles. The lowest BCUT2D eigenvalue weighted by atomic mass is 9.87. The minimum absolute atomic E-state index is 0.304.